The third-order valence-electron chi connectivity index (χ3n) is 5.05. The number of allylic oxidation sites excluding steroid dienone is 1. The molecule has 0 saturated heterocycles. The Morgan fingerprint density at radius 1 is 1.43 bits per heavy atom. The Balaban J connectivity index is 2.36. The molecule has 14 heavy (non-hydrogen) atoms. The van der Waals surface area contributed by atoms with Gasteiger partial charge in [0.1, 0.15) is 0 Å². The molecule has 0 radical (unpaired) electrons. The third-order valence-corrected chi connectivity index (χ3v) is 5.05. The minimum absolute atomic E-state index is 0.281. The second-order valence-electron chi connectivity index (χ2n) is 5.93. The van der Waals surface area contributed by atoms with Crippen molar-refractivity contribution in [3.05, 3.63) is 11.6 Å². The van der Waals surface area contributed by atoms with E-state index < -0.39 is 0 Å². The van der Waals surface area contributed by atoms with Crippen molar-refractivity contribution in [2.24, 2.45) is 16.7 Å². The highest BCUT2D eigenvalue weighted by molar-refractivity contribution is 5.29. The predicted molar refractivity (Wildman–Crippen MR) is 59.0 cm³/mol. The average molecular weight is 194 g/mol. The molecule has 2 rings (SSSR count). The van der Waals surface area contributed by atoms with Gasteiger partial charge in [0.2, 0.25) is 0 Å². The van der Waals surface area contributed by atoms with Crippen LogP contribution in [0.3, 0.4) is 0 Å². The third kappa shape index (κ3) is 1.11. The predicted octanol–water partition coefficient (Wildman–Crippen LogP) is 3.14. The second kappa shape index (κ2) is 2.85. The maximum atomic E-state index is 9.45. The van der Waals surface area contributed by atoms with Crippen molar-refractivity contribution in [3.8, 4) is 0 Å². The second-order valence-corrected chi connectivity index (χ2v) is 5.93. The summed E-state index contributed by atoms with van der Waals surface area (Å²) in [6.45, 7) is 9.03. The van der Waals surface area contributed by atoms with Crippen LogP contribution in [0.1, 0.15) is 47.0 Å². The van der Waals surface area contributed by atoms with Crippen LogP contribution in [0.25, 0.3) is 0 Å². The topological polar surface area (TPSA) is 20.2 Å². The van der Waals surface area contributed by atoms with Gasteiger partial charge in [-0.05, 0) is 42.9 Å². The molecule has 1 nitrogen and oxygen atoms in total. The molecule has 0 amide bonds. The maximum Gasteiger partial charge on any atom is 0.0695 e. The molecule has 0 spiro atoms. The quantitative estimate of drug-likeness (QED) is 0.636. The van der Waals surface area contributed by atoms with Gasteiger partial charge in [0, 0.05) is 0 Å². The van der Waals surface area contributed by atoms with E-state index in [4.69, 9.17) is 0 Å². The van der Waals surface area contributed by atoms with Gasteiger partial charge in [-0.1, -0.05) is 32.4 Å². The number of hydrogen-bond acceptors (Lipinski definition) is 1. The molecule has 0 aromatic heterocycles. The van der Waals surface area contributed by atoms with Gasteiger partial charge in [-0.25, -0.2) is 0 Å². The zero-order chi connectivity index (χ0) is 10.6. The minimum Gasteiger partial charge on any atom is -0.389 e. The monoisotopic (exact) mass is 194 g/mol. The molecule has 2 aliphatic carbocycles. The molecule has 80 valence electrons. The summed E-state index contributed by atoms with van der Waals surface area (Å²) < 4.78 is 0. The van der Waals surface area contributed by atoms with Crippen LogP contribution < -0.4 is 0 Å². The largest absolute Gasteiger partial charge is 0.389 e. The van der Waals surface area contributed by atoms with Crippen LogP contribution in [-0.2, 0) is 0 Å². The number of fused-ring (bicyclic) bond motifs is 2. The van der Waals surface area contributed by atoms with Gasteiger partial charge < -0.3 is 5.11 Å². The maximum absolute atomic E-state index is 9.45. The number of rotatable bonds is 1. The van der Waals surface area contributed by atoms with E-state index in [1.54, 1.807) is 0 Å². The first kappa shape index (κ1) is 10.2. The van der Waals surface area contributed by atoms with Crippen molar-refractivity contribution < 1.29 is 5.11 Å². The summed E-state index contributed by atoms with van der Waals surface area (Å²) in [4.78, 5) is 0. The van der Waals surface area contributed by atoms with Gasteiger partial charge in [0.05, 0.1) is 6.10 Å². The molecule has 0 aromatic carbocycles. The van der Waals surface area contributed by atoms with Crippen LogP contribution in [0, 0.1) is 16.7 Å². The number of hydrogen-bond donors (Lipinski definition) is 1. The van der Waals surface area contributed by atoms with E-state index >= 15 is 0 Å². The fourth-order valence-corrected chi connectivity index (χ4v) is 3.56. The highest BCUT2D eigenvalue weighted by Crippen LogP contribution is 2.67. The summed E-state index contributed by atoms with van der Waals surface area (Å²) in [5.41, 5.74) is 2.30. The Labute approximate surface area is 87.2 Å². The zero-order valence-electron chi connectivity index (χ0n) is 9.80. The van der Waals surface area contributed by atoms with Crippen molar-refractivity contribution in [2.75, 3.05) is 0 Å². The van der Waals surface area contributed by atoms with Gasteiger partial charge in [-0.3, -0.25) is 0 Å². The van der Waals surface area contributed by atoms with Crippen LogP contribution in [0.15, 0.2) is 11.6 Å². The Morgan fingerprint density at radius 2 is 2.07 bits per heavy atom. The van der Waals surface area contributed by atoms with Crippen LogP contribution in [-0.4, -0.2) is 11.2 Å². The van der Waals surface area contributed by atoms with E-state index in [-0.39, 0.29) is 6.10 Å². The molecule has 1 heteroatoms. The van der Waals surface area contributed by atoms with E-state index in [0.29, 0.717) is 10.8 Å². The molecule has 2 fully saturated rings. The molecule has 1 N–H and O–H groups in total. The summed E-state index contributed by atoms with van der Waals surface area (Å²) in [5, 5.41) is 9.45. The van der Waals surface area contributed by atoms with E-state index in [1.807, 2.05) is 6.92 Å². The SMILES string of the molecule is C[C@@H](O)/C=C1\C[C@H]2CC[C@]1(C)C2(C)C. The highest BCUT2D eigenvalue weighted by Gasteiger charge is 2.58. The van der Waals surface area contributed by atoms with Crippen molar-refractivity contribution in [3.63, 3.8) is 0 Å². The molecule has 0 aliphatic heterocycles. The fraction of sp³-hybridized carbons (Fsp3) is 0.846. The molecule has 2 saturated carbocycles. The molecule has 3 atom stereocenters. The Kier molecular flexibility index (Phi) is 2.08. The van der Waals surface area contributed by atoms with Gasteiger partial charge in [-0.15, -0.1) is 0 Å². The van der Waals surface area contributed by atoms with Crippen molar-refractivity contribution in [1.29, 1.82) is 0 Å². The standard InChI is InChI=1S/C13H22O/c1-9(14)7-11-8-10-5-6-13(11,4)12(10,2)3/h7,9-10,14H,5-6,8H2,1-4H3/b11-7+/t9-,10-,13+/m1/s1. The van der Waals surface area contributed by atoms with Crippen LogP contribution in [0.2, 0.25) is 0 Å². The first-order valence-electron chi connectivity index (χ1n) is 5.77. The molecule has 0 aromatic rings. The minimum atomic E-state index is -0.281. The van der Waals surface area contributed by atoms with Gasteiger partial charge in [-0.2, -0.15) is 0 Å². The van der Waals surface area contributed by atoms with Gasteiger partial charge >= 0.3 is 0 Å². The smallest absolute Gasteiger partial charge is 0.0695 e. The van der Waals surface area contributed by atoms with Gasteiger partial charge in [0.25, 0.3) is 0 Å². The summed E-state index contributed by atoms with van der Waals surface area (Å²) in [6, 6.07) is 0. The molecule has 2 aliphatic rings. The summed E-state index contributed by atoms with van der Waals surface area (Å²) >= 11 is 0. The van der Waals surface area contributed by atoms with Crippen molar-refractivity contribution >= 4 is 0 Å². The van der Waals surface area contributed by atoms with Crippen molar-refractivity contribution in [1.82, 2.24) is 0 Å². The van der Waals surface area contributed by atoms with Gasteiger partial charge in [0.15, 0.2) is 0 Å². The Morgan fingerprint density at radius 3 is 2.43 bits per heavy atom. The molecular formula is C13H22O. The number of aliphatic hydroxyl groups is 1. The normalized spacial score (nSPS) is 44.6. The molecule has 0 unspecified atom stereocenters. The van der Waals surface area contributed by atoms with Crippen LogP contribution >= 0.6 is 0 Å². The Hall–Kier alpha value is -0.300. The van der Waals surface area contributed by atoms with E-state index in [1.165, 1.54) is 24.8 Å². The average Bonchev–Trinajstić information content (AvgIpc) is 2.35. The van der Waals surface area contributed by atoms with Crippen LogP contribution in [0.5, 0.6) is 0 Å². The lowest BCUT2D eigenvalue weighted by atomic mass is 9.69. The van der Waals surface area contributed by atoms with E-state index in [2.05, 4.69) is 26.8 Å². The lowest BCUT2D eigenvalue weighted by Gasteiger charge is -2.35. The first-order valence-corrected chi connectivity index (χ1v) is 5.77. The molecule has 2 bridgehead atoms. The van der Waals surface area contributed by atoms with Crippen molar-refractivity contribution in [2.45, 2.75) is 53.1 Å². The summed E-state index contributed by atoms with van der Waals surface area (Å²) in [6.07, 6.45) is 5.70. The molecule has 0 heterocycles. The highest BCUT2D eigenvalue weighted by atomic mass is 16.3. The first-order chi connectivity index (χ1) is 6.38. The zero-order valence-corrected chi connectivity index (χ0v) is 9.80. The fourth-order valence-electron chi connectivity index (χ4n) is 3.56. The van der Waals surface area contributed by atoms with Crippen LogP contribution in [0.4, 0.5) is 0 Å². The molecular weight excluding hydrogens is 172 g/mol. The lowest BCUT2D eigenvalue weighted by Crippen LogP contribution is -2.28. The van der Waals surface area contributed by atoms with E-state index in [9.17, 15) is 5.11 Å². The van der Waals surface area contributed by atoms with E-state index in [0.717, 1.165) is 5.92 Å². The Bertz CT molecular complexity index is 275. The summed E-state index contributed by atoms with van der Waals surface area (Å²) in [5.74, 6) is 0.845. The lowest BCUT2D eigenvalue weighted by molar-refractivity contribution is 0.176. The number of aliphatic hydroxyl groups excluding tert-OH is 1. The summed E-state index contributed by atoms with van der Waals surface area (Å²) in [7, 11) is 0.